The number of aliphatic hydroxyl groups is 1. The third-order valence-corrected chi connectivity index (χ3v) is 4.95. The molecule has 0 saturated carbocycles. The predicted octanol–water partition coefficient (Wildman–Crippen LogP) is 3.48. The minimum absolute atomic E-state index is 0.0889. The molecule has 3 aromatic rings. The first-order valence-electron chi connectivity index (χ1n) is 9.51. The monoisotopic (exact) mass is 392 g/mol. The second-order valence-corrected chi connectivity index (χ2v) is 7.82. The van der Waals surface area contributed by atoms with Gasteiger partial charge >= 0.3 is 0 Å². The van der Waals surface area contributed by atoms with Gasteiger partial charge in [0.05, 0.1) is 28.9 Å². The number of nitriles is 1. The van der Waals surface area contributed by atoms with Gasteiger partial charge in [-0.05, 0) is 36.6 Å². The van der Waals surface area contributed by atoms with Crippen LogP contribution in [0, 0.1) is 24.2 Å². The van der Waals surface area contributed by atoms with Gasteiger partial charge < -0.3 is 10.2 Å². The predicted molar refractivity (Wildman–Crippen MR) is 110 cm³/mol. The van der Waals surface area contributed by atoms with Crippen molar-refractivity contribution in [1.29, 1.82) is 5.26 Å². The first-order chi connectivity index (χ1) is 13.7. The lowest BCUT2D eigenvalue weighted by Crippen LogP contribution is -2.26. The Morgan fingerprint density at radius 2 is 1.90 bits per heavy atom. The summed E-state index contributed by atoms with van der Waals surface area (Å²) in [5.41, 5.74) is 1.72. The molecule has 7 nitrogen and oxygen atoms in total. The molecule has 1 atom stereocenters. The largest absolute Gasteiger partial charge is 0.507 e. The third kappa shape index (κ3) is 3.47. The molecule has 0 aliphatic heterocycles. The summed E-state index contributed by atoms with van der Waals surface area (Å²) in [5, 5.41) is 30.4. The lowest BCUT2D eigenvalue weighted by atomic mass is 9.95. The van der Waals surface area contributed by atoms with Gasteiger partial charge in [-0.2, -0.15) is 5.26 Å². The molecule has 1 aromatic carbocycles. The second kappa shape index (κ2) is 7.64. The molecular formula is C22H24N4O3. The lowest BCUT2D eigenvalue weighted by Gasteiger charge is -2.21. The molecule has 0 spiro atoms. The molecule has 0 radical (unpaired) electrons. The van der Waals surface area contributed by atoms with Crippen LogP contribution in [0.2, 0.25) is 0 Å². The Morgan fingerprint density at radius 3 is 2.45 bits per heavy atom. The zero-order chi connectivity index (χ0) is 21.5. The molecule has 0 bridgehead atoms. The number of nitrogens with zero attached hydrogens (tertiary/aromatic N) is 4. The Hall–Kier alpha value is -3.24. The number of hydrogen-bond acceptors (Lipinski definition) is 6. The molecule has 1 unspecified atom stereocenters. The fraction of sp³-hybridized carbons (Fsp3) is 0.364. The highest BCUT2D eigenvalue weighted by atomic mass is 16.3. The molecule has 150 valence electrons. The number of hydrogen-bond donors (Lipinski definition) is 2. The summed E-state index contributed by atoms with van der Waals surface area (Å²) in [5.74, 6) is 0.114. The molecular weight excluding hydrogens is 368 g/mol. The number of pyridine rings is 1. The minimum atomic E-state index is -0.958. The number of aliphatic hydroxyl groups excluding tert-OH is 1. The Balaban J connectivity index is 2.42. The second-order valence-electron chi connectivity index (χ2n) is 7.82. The molecule has 0 aliphatic rings. The quantitative estimate of drug-likeness (QED) is 0.703. The van der Waals surface area contributed by atoms with E-state index in [9.17, 15) is 15.0 Å². The highest BCUT2D eigenvalue weighted by Crippen LogP contribution is 2.34. The van der Waals surface area contributed by atoms with Crippen molar-refractivity contribution in [1.82, 2.24) is 14.5 Å². The zero-order valence-electron chi connectivity index (χ0n) is 17.1. The van der Waals surface area contributed by atoms with Crippen molar-refractivity contribution < 1.29 is 10.2 Å². The molecule has 7 heteroatoms. The van der Waals surface area contributed by atoms with E-state index >= 15 is 0 Å². The van der Waals surface area contributed by atoms with Crippen molar-refractivity contribution in [2.45, 2.75) is 46.6 Å². The number of rotatable bonds is 4. The van der Waals surface area contributed by atoms with Gasteiger partial charge in [0.1, 0.15) is 23.3 Å². The van der Waals surface area contributed by atoms with Crippen molar-refractivity contribution in [3.05, 3.63) is 57.4 Å². The van der Waals surface area contributed by atoms with Crippen LogP contribution in [-0.4, -0.2) is 24.7 Å². The molecule has 29 heavy (non-hydrogen) atoms. The van der Waals surface area contributed by atoms with Crippen LogP contribution in [-0.2, 0) is 0 Å². The number of aryl methyl sites for hydroxylation is 1. The van der Waals surface area contributed by atoms with E-state index in [1.165, 1.54) is 22.9 Å². The van der Waals surface area contributed by atoms with E-state index < -0.39 is 6.10 Å². The third-order valence-electron chi connectivity index (χ3n) is 4.95. The van der Waals surface area contributed by atoms with E-state index in [0.29, 0.717) is 33.7 Å². The smallest absolute Gasteiger partial charge is 0.266 e. The molecule has 0 fully saturated rings. The average Bonchev–Trinajstić information content (AvgIpc) is 2.66. The standard InChI is InChI=1S/C22H24N4O3/c1-11(2)20(28)18-17(27)7-6-15-19(18)25-21(12(3)4)26(22(15)29)14-8-13(5)16(9-23)24-10-14/h6-8,10-12,20,27-28H,1-5H3. The van der Waals surface area contributed by atoms with Gasteiger partial charge in [-0.1, -0.05) is 27.7 Å². The van der Waals surface area contributed by atoms with Crippen LogP contribution in [0.25, 0.3) is 16.6 Å². The van der Waals surface area contributed by atoms with Gasteiger partial charge in [0.25, 0.3) is 5.56 Å². The number of aromatic hydroxyl groups is 1. The summed E-state index contributed by atoms with van der Waals surface area (Å²) in [6.45, 7) is 9.25. The van der Waals surface area contributed by atoms with E-state index in [0.717, 1.165) is 0 Å². The molecule has 2 heterocycles. The normalized spacial score (nSPS) is 12.5. The van der Waals surface area contributed by atoms with Crippen LogP contribution in [0.5, 0.6) is 5.75 Å². The van der Waals surface area contributed by atoms with Crippen LogP contribution in [0.4, 0.5) is 0 Å². The Bertz CT molecular complexity index is 1190. The highest BCUT2D eigenvalue weighted by molar-refractivity contribution is 5.84. The topological polar surface area (TPSA) is 112 Å². The van der Waals surface area contributed by atoms with Gasteiger partial charge in [-0.25, -0.2) is 9.97 Å². The molecule has 2 N–H and O–H groups in total. The van der Waals surface area contributed by atoms with Crippen LogP contribution in [0.15, 0.2) is 29.2 Å². The minimum Gasteiger partial charge on any atom is -0.507 e. The fourth-order valence-corrected chi connectivity index (χ4v) is 3.34. The van der Waals surface area contributed by atoms with Gasteiger partial charge in [0.2, 0.25) is 0 Å². The average molecular weight is 392 g/mol. The van der Waals surface area contributed by atoms with E-state index in [1.807, 2.05) is 33.8 Å². The van der Waals surface area contributed by atoms with Crippen molar-refractivity contribution in [2.75, 3.05) is 0 Å². The first kappa shape index (κ1) is 20.5. The van der Waals surface area contributed by atoms with Crippen LogP contribution >= 0.6 is 0 Å². The molecule has 0 saturated heterocycles. The summed E-state index contributed by atoms with van der Waals surface area (Å²) < 4.78 is 1.48. The zero-order valence-corrected chi connectivity index (χ0v) is 17.1. The first-order valence-corrected chi connectivity index (χ1v) is 9.51. The Labute approximate surface area is 168 Å². The molecule has 3 rings (SSSR count). The molecule has 0 amide bonds. The van der Waals surface area contributed by atoms with E-state index in [1.54, 1.807) is 13.0 Å². The SMILES string of the molecule is Cc1cc(-n2c(C(C)C)nc3c(C(O)C(C)C)c(O)ccc3c2=O)cnc1C#N. The lowest BCUT2D eigenvalue weighted by molar-refractivity contribution is 0.125. The van der Waals surface area contributed by atoms with Gasteiger partial charge in [-0.15, -0.1) is 0 Å². The number of benzene rings is 1. The Morgan fingerprint density at radius 1 is 1.21 bits per heavy atom. The Kier molecular flexibility index (Phi) is 5.40. The van der Waals surface area contributed by atoms with E-state index in [2.05, 4.69) is 4.98 Å². The number of phenolic OH excluding ortho intramolecular Hbond substituents is 1. The maximum atomic E-state index is 13.4. The van der Waals surface area contributed by atoms with Gasteiger partial charge in [-0.3, -0.25) is 9.36 Å². The van der Waals surface area contributed by atoms with Crippen molar-refractivity contribution in [3.63, 3.8) is 0 Å². The van der Waals surface area contributed by atoms with Crippen LogP contribution in [0.3, 0.4) is 0 Å². The van der Waals surface area contributed by atoms with E-state index in [-0.39, 0.29) is 28.7 Å². The summed E-state index contributed by atoms with van der Waals surface area (Å²) >= 11 is 0. The summed E-state index contributed by atoms with van der Waals surface area (Å²) in [4.78, 5) is 22.3. The molecule has 0 aliphatic carbocycles. The molecule has 2 aromatic heterocycles. The van der Waals surface area contributed by atoms with Gasteiger partial charge in [0.15, 0.2) is 0 Å². The maximum Gasteiger partial charge on any atom is 0.266 e. The summed E-state index contributed by atoms with van der Waals surface area (Å²) in [6.07, 6.45) is 0.525. The maximum absolute atomic E-state index is 13.4. The van der Waals surface area contributed by atoms with Crippen molar-refractivity contribution in [2.24, 2.45) is 5.92 Å². The van der Waals surface area contributed by atoms with Crippen molar-refractivity contribution >= 4 is 10.9 Å². The van der Waals surface area contributed by atoms with Gasteiger partial charge in [0, 0.05) is 11.5 Å². The van der Waals surface area contributed by atoms with Crippen molar-refractivity contribution in [3.8, 4) is 17.5 Å². The highest BCUT2D eigenvalue weighted by Gasteiger charge is 2.24. The van der Waals surface area contributed by atoms with Crippen LogP contribution < -0.4 is 5.56 Å². The number of fused-ring (bicyclic) bond motifs is 1. The summed E-state index contributed by atoms with van der Waals surface area (Å²) in [7, 11) is 0. The van der Waals surface area contributed by atoms with E-state index in [4.69, 9.17) is 10.2 Å². The number of phenols is 1. The summed E-state index contributed by atoms with van der Waals surface area (Å²) in [6, 6.07) is 6.68. The fourth-order valence-electron chi connectivity index (χ4n) is 3.34. The van der Waals surface area contributed by atoms with Crippen LogP contribution in [0.1, 0.15) is 62.4 Å². The number of aromatic nitrogens is 3.